The van der Waals surface area contributed by atoms with E-state index in [-0.39, 0.29) is 0 Å². The molecule has 0 bridgehead atoms. The molecule has 0 aliphatic rings. The summed E-state index contributed by atoms with van der Waals surface area (Å²) < 4.78 is 3.73. The molecule has 0 aliphatic carbocycles. The molecule has 0 spiro atoms. The van der Waals surface area contributed by atoms with E-state index in [1.54, 1.807) is 0 Å². The van der Waals surface area contributed by atoms with Gasteiger partial charge in [0.25, 0.3) is 0 Å². The maximum atomic E-state index is 4.51. The molecule has 0 atom stereocenters. The van der Waals surface area contributed by atoms with E-state index in [0.29, 0.717) is 5.92 Å². The van der Waals surface area contributed by atoms with Crippen molar-refractivity contribution in [1.82, 2.24) is 24.9 Å². The molecule has 19 heavy (non-hydrogen) atoms. The van der Waals surface area contributed by atoms with Crippen LogP contribution in [0.2, 0.25) is 0 Å². The molecule has 0 saturated carbocycles. The Balaban J connectivity index is 1.82. The van der Waals surface area contributed by atoms with Crippen molar-refractivity contribution in [3.63, 3.8) is 0 Å². The van der Waals surface area contributed by atoms with Crippen molar-refractivity contribution in [2.45, 2.75) is 32.7 Å². The summed E-state index contributed by atoms with van der Waals surface area (Å²) in [6, 6.07) is 2.06. The molecule has 104 valence electrons. The smallest absolute Gasteiger partial charge is 0.0694 e. The van der Waals surface area contributed by atoms with E-state index in [1.807, 2.05) is 29.7 Å². The van der Waals surface area contributed by atoms with Crippen molar-refractivity contribution in [3.05, 3.63) is 35.4 Å². The van der Waals surface area contributed by atoms with Crippen LogP contribution in [0.15, 0.2) is 18.5 Å². The van der Waals surface area contributed by atoms with E-state index in [2.05, 4.69) is 41.6 Å². The highest BCUT2D eigenvalue weighted by atomic mass is 15.3. The maximum absolute atomic E-state index is 4.51. The number of rotatable bonds is 6. The van der Waals surface area contributed by atoms with Crippen molar-refractivity contribution < 1.29 is 0 Å². The second-order valence-corrected chi connectivity index (χ2v) is 5.28. The molecule has 0 aliphatic heterocycles. The van der Waals surface area contributed by atoms with Crippen LogP contribution in [0.25, 0.3) is 0 Å². The first-order chi connectivity index (χ1) is 9.06. The molecule has 5 nitrogen and oxygen atoms in total. The number of nitrogens with zero attached hydrogens (tertiary/aromatic N) is 4. The van der Waals surface area contributed by atoms with E-state index in [9.17, 15) is 0 Å². The highest BCUT2D eigenvalue weighted by molar-refractivity contribution is 5.19. The predicted octanol–water partition coefficient (Wildman–Crippen LogP) is 1.61. The van der Waals surface area contributed by atoms with Crippen molar-refractivity contribution in [1.29, 1.82) is 0 Å². The van der Waals surface area contributed by atoms with Crippen molar-refractivity contribution in [2.75, 3.05) is 6.54 Å². The van der Waals surface area contributed by atoms with Crippen LogP contribution in [-0.4, -0.2) is 26.1 Å². The van der Waals surface area contributed by atoms with Gasteiger partial charge >= 0.3 is 0 Å². The largest absolute Gasteiger partial charge is 0.312 e. The van der Waals surface area contributed by atoms with Gasteiger partial charge < -0.3 is 5.32 Å². The van der Waals surface area contributed by atoms with Gasteiger partial charge in [0.05, 0.1) is 11.4 Å². The molecule has 0 saturated heterocycles. The van der Waals surface area contributed by atoms with Crippen LogP contribution in [0, 0.1) is 0 Å². The van der Waals surface area contributed by atoms with Crippen LogP contribution in [0.3, 0.4) is 0 Å². The first kappa shape index (κ1) is 13.8. The summed E-state index contributed by atoms with van der Waals surface area (Å²) in [5, 5.41) is 12.3. The minimum Gasteiger partial charge on any atom is -0.312 e. The fourth-order valence-electron chi connectivity index (χ4n) is 2.21. The van der Waals surface area contributed by atoms with Crippen LogP contribution in [0.1, 0.15) is 36.7 Å². The summed E-state index contributed by atoms with van der Waals surface area (Å²) in [5.74, 6) is 0.466. The molecular formula is C14H23N5. The fraction of sp³-hybridized carbons (Fsp3) is 0.571. The van der Waals surface area contributed by atoms with E-state index in [1.165, 1.54) is 11.3 Å². The highest BCUT2D eigenvalue weighted by Gasteiger charge is 2.10. The zero-order valence-electron chi connectivity index (χ0n) is 12.2. The molecular weight excluding hydrogens is 238 g/mol. The van der Waals surface area contributed by atoms with Gasteiger partial charge in [0.15, 0.2) is 0 Å². The first-order valence-electron chi connectivity index (χ1n) is 6.78. The summed E-state index contributed by atoms with van der Waals surface area (Å²) >= 11 is 0. The minimum atomic E-state index is 0.466. The van der Waals surface area contributed by atoms with Gasteiger partial charge in [-0.25, -0.2) is 0 Å². The summed E-state index contributed by atoms with van der Waals surface area (Å²) in [4.78, 5) is 0. The lowest BCUT2D eigenvalue weighted by Gasteiger charge is -2.06. The quantitative estimate of drug-likeness (QED) is 0.804. The zero-order valence-corrected chi connectivity index (χ0v) is 12.2. The number of hydrogen-bond acceptors (Lipinski definition) is 3. The highest BCUT2D eigenvalue weighted by Crippen LogP contribution is 2.16. The molecule has 0 radical (unpaired) electrons. The maximum Gasteiger partial charge on any atom is 0.0694 e. The predicted molar refractivity (Wildman–Crippen MR) is 75.9 cm³/mol. The molecule has 2 heterocycles. The molecule has 0 fully saturated rings. The monoisotopic (exact) mass is 261 g/mol. The van der Waals surface area contributed by atoms with Crippen LogP contribution < -0.4 is 5.32 Å². The zero-order chi connectivity index (χ0) is 13.8. The number of hydrogen-bond donors (Lipinski definition) is 1. The van der Waals surface area contributed by atoms with Gasteiger partial charge in [-0.3, -0.25) is 9.36 Å². The average molecular weight is 261 g/mol. The molecule has 0 unspecified atom stereocenters. The average Bonchev–Trinajstić information content (AvgIpc) is 2.91. The van der Waals surface area contributed by atoms with E-state index >= 15 is 0 Å². The van der Waals surface area contributed by atoms with Gasteiger partial charge in [-0.1, -0.05) is 13.8 Å². The number of aryl methyl sites for hydroxylation is 2. The van der Waals surface area contributed by atoms with Crippen LogP contribution in [0.5, 0.6) is 0 Å². The third-order valence-electron chi connectivity index (χ3n) is 3.13. The summed E-state index contributed by atoms with van der Waals surface area (Å²) in [6.07, 6.45) is 5.04. The van der Waals surface area contributed by atoms with Gasteiger partial charge in [0.2, 0.25) is 0 Å². The Labute approximate surface area is 114 Å². The van der Waals surface area contributed by atoms with Gasteiger partial charge in [0, 0.05) is 51.6 Å². The van der Waals surface area contributed by atoms with Gasteiger partial charge in [-0.2, -0.15) is 10.2 Å². The van der Waals surface area contributed by atoms with Crippen molar-refractivity contribution in [3.8, 4) is 0 Å². The summed E-state index contributed by atoms with van der Waals surface area (Å²) in [7, 11) is 3.92. The molecule has 2 aromatic heterocycles. The molecule has 0 aromatic carbocycles. The normalized spacial score (nSPS) is 11.4. The van der Waals surface area contributed by atoms with Gasteiger partial charge in [0.1, 0.15) is 0 Å². The topological polar surface area (TPSA) is 47.7 Å². The summed E-state index contributed by atoms with van der Waals surface area (Å²) in [6.45, 7) is 6.16. The van der Waals surface area contributed by atoms with Crippen molar-refractivity contribution in [2.24, 2.45) is 14.1 Å². The minimum absolute atomic E-state index is 0.466. The van der Waals surface area contributed by atoms with Gasteiger partial charge in [-0.15, -0.1) is 0 Å². The molecule has 2 rings (SSSR count). The van der Waals surface area contributed by atoms with Crippen LogP contribution in [0.4, 0.5) is 0 Å². The van der Waals surface area contributed by atoms with E-state index < -0.39 is 0 Å². The van der Waals surface area contributed by atoms with Crippen LogP contribution >= 0.6 is 0 Å². The van der Waals surface area contributed by atoms with E-state index in [4.69, 9.17) is 0 Å². The van der Waals surface area contributed by atoms with E-state index in [0.717, 1.165) is 25.2 Å². The first-order valence-corrected chi connectivity index (χ1v) is 6.78. The Morgan fingerprint density at radius 1 is 1.21 bits per heavy atom. The third-order valence-corrected chi connectivity index (χ3v) is 3.13. The third kappa shape index (κ3) is 3.67. The second kappa shape index (κ2) is 6.02. The van der Waals surface area contributed by atoms with Crippen molar-refractivity contribution >= 4 is 0 Å². The summed E-state index contributed by atoms with van der Waals surface area (Å²) in [5.41, 5.74) is 3.61. The SMILES string of the molecule is CC(C)c1nn(C)cc1CNCCc1ccn(C)n1. The Morgan fingerprint density at radius 2 is 2.00 bits per heavy atom. The lowest BCUT2D eigenvalue weighted by Crippen LogP contribution is -2.17. The number of aromatic nitrogens is 4. The Bertz CT molecular complexity index is 524. The standard InChI is InChI=1S/C14H23N5/c1-11(2)14-12(10-19(4)17-14)9-15-7-5-13-6-8-18(3)16-13/h6,8,10-11,15H,5,7,9H2,1-4H3. The fourth-order valence-corrected chi connectivity index (χ4v) is 2.21. The second-order valence-electron chi connectivity index (χ2n) is 5.28. The lowest BCUT2D eigenvalue weighted by molar-refractivity contribution is 0.657. The van der Waals surface area contributed by atoms with Gasteiger partial charge in [-0.05, 0) is 12.0 Å². The molecule has 5 heteroatoms. The Hall–Kier alpha value is -1.62. The lowest BCUT2D eigenvalue weighted by atomic mass is 10.1. The van der Waals surface area contributed by atoms with Crippen LogP contribution in [-0.2, 0) is 27.1 Å². The molecule has 2 aromatic rings. The molecule has 1 N–H and O–H groups in total. The Morgan fingerprint density at radius 3 is 2.63 bits per heavy atom. The molecule has 0 amide bonds. The Kier molecular flexibility index (Phi) is 4.37. The number of nitrogens with one attached hydrogen (secondary N) is 1.